The molecule has 1 aliphatic rings. The van der Waals surface area contributed by atoms with E-state index in [2.05, 4.69) is 26.1 Å². The molecule has 0 unspecified atom stereocenters. The van der Waals surface area contributed by atoms with Crippen molar-refractivity contribution in [3.63, 3.8) is 0 Å². The molecule has 0 saturated carbocycles. The van der Waals surface area contributed by atoms with Crippen molar-refractivity contribution in [1.82, 2.24) is 10.2 Å². The highest BCUT2D eigenvalue weighted by atomic mass is 16.5. The Kier molecular flexibility index (Phi) is 13.7. The van der Waals surface area contributed by atoms with Gasteiger partial charge in [0.05, 0.1) is 30.6 Å². The van der Waals surface area contributed by atoms with Gasteiger partial charge in [0, 0.05) is 27.2 Å². The number of carbonyl (C=O) groups is 3. The third kappa shape index (κ3) is 9.63. The van der Waals surface area contributed by atoms with Gasteiger partial charge in [-0.05, 0) is 35.8 Å². The maximum absolute atomic E-state index is 13.7. The van der Waals surface area contributed by atoms with Crippen molar-refractivity contribution in [3.05, 3.63) is 71.8 Å². The molecule has 2 aromatic rings. The van der Waals surface area contributed by atoms with Crippen molar-refractivity contribution in [2.24, 2.45) is 17.8 Å². The number of ether oxygens (including phenoxy) is 3. The standard InChI is InChI=1S/C35H50N2O6/c1-7-24(2)25(3)31(41-5)22-32(38)37-20-14-19-30(37)33(42-6)26(4)34(39)36-29(21-27-15-10-8-11-16-27)35(40)43-23-28-17-12-9-13-18-28/h8-13,15-18,24-26,29-31,33H,7,14,19-23H2,1-6H3,(H,36,39)/t24-,25-,26+,29-,30-,31+,33+/m0/s1. The van der Waals surface area contributed by atoms with Crippen molar-refractivity contribution < 1.29 is 28.6 Å². The van der Waals surface area contributed by atoms with Crippen molar-refractivity contribution in [3.8, 4) is 0 Å². The summed E-state index contributed by atoms with van der Waals surface area (Å²) < 4.78 is 17.3. The second-order valence-corrected chi connectivity index (χ2v) is 11.9. The van der Waals surface area contributed by atoms with Gasteiger partial charge in [0.1, 0.15) is 12.6 Å². The average molecular weight is 595 g/mol. The molecule has 0 radical (unpaired) electrons. The number of hydrogen-bond donors (Lipinski definition) is 1. The van der Waals surface area contributed by atoms with Crippen LogP contribution in [0.4, 0.5) is 0 Å². The van der Waals surface area contributed by atoms with E-state index in [0.717, 1.165) is 30.4 Å². The van der Waals surface area contributed by atoms with Gasteiger partial charge in [-0.2, -0.15) is 0 Å². The van der Waals surface area contributed by atoms with Crippen LogP contribution in [0, 0.1) is 17.8 Å². The summed E-state index contributed by atoms with van der Waals surface area (Å²) in [4.78, 5) is 42.3. The Morgan fingerprint density at radius 1 is 0.930 bits per heavy atom. The lowest BCUT2D eigenvalue weighted by Crippen LogP contribution is -2.53. The normalized spacial score (nSPS) is 19.1. The van der Waals surface area contributed by atoms with E-state index in [1.165, 1.54) is 0 Å². The molecular formula is C35H50N2O6. The Hall–Kier alpha value is -3.23. The minimum Gasteiger partial charge on any atom is -0.459 e. The zero-order valence-corrected chi connectivity index (χ0v) is 26.7. The Bertz CT molecular complexity index is 1140. The first-order valence-corrected chi connectivity index (χ1v) is 15.6. The monoisotopic (exact) mass is 594 g/mol. The molecule has 1 fully saturated rings. The van der Waals surface area contributed by atoms with Crippen LogP contribution in [0.15, 0.2) is 60.7 Å². The fourth-order valence-electron chi connectivity index (χ4n) is 5.97. The molecule has 236 valence electrons. The summed E-state index contributed by atoms with van der Waals surface area (Å²) in [6.45, 7) is 9.00. The van der Waals surface area contributed by atoms with Gasteiger partial charge in [-0.25, -0.2) is 4.79 Å². The Morgan fingerprint density at radius 2 is 1.56 bits per heavy atom. The predicted molar refractivity (Wildman–Crippen MR) is 167 cm³/mol. The number of hydrogen-bond acceptors (Lipinski definition) is 6. The molecule has 0 aromatic heterocycles. The number of nitrogens with zero attached hydrogens (tertiary/aromatic N) is 1. The molecule has 43 heavy (non-hydrogen) atoms. The van der Waals surface area contributed by atoms with Crippen molar-refractivity contribution >= 4 is 17.8 Å². The van der Waals surface area contributed by atoms with E-state index in [-0.39, 0.29) is 36.5 Å². The highest BCUT2D eigenvalue weighted by Crippen LogP contribution is 2.29. The third-order valence-electron chi connectivity index (χ3n) is 9.09. The molecule has 7 atom stereocenters. The van der Waals surface area contributed by atoms with Crippen molar-refractivity contribution in [2.45, 2.75) is 90.7 Å². The van der Waals surface area contributed by atoms with Crippen LogP contribution in [0.1, 0.15) is 64.5 Å². The van der Waals surface area contributed by atoms with Gasteiger partial charge in [-0.1, -0.05) is 94.8 Å². The van der Waals surface area contributed by atoms with Gasteiger partial charge in [0.15, 0.2) is 0 Å². The number of rotatable bonds is 16. The van der Waals surface area contributed by atoms with Gasteiger partial charge in [-0.15, -0.1) is 0 Å². The number of amides is 2. The molecule has 3 rings (SSSR count). The molecule has 0 bridgehead atoms. The van der Waals surface area contributed by atoms with Crippen LogP contribution in [0.25, 0.3) is 0 Å². The zero-order valence-electron chi connectivity index (χ0n) is 26.7. The number of esters is 1. The highest BCUT2D eigenvalue weighted by Gasteiger charge is 2.41. The van der Waals surface area contributed by atoms with E-state index >= 15 is 0 Å². The maximum Gasteiger partial charge on any atom is 0.329 e. The molecule has 8 nitrogen and oxygen atoms in total. The largest absolute Gasteiger partial charge is 0.459 e. The van der Waals surface area contributed by atoms with Crippen LogP contribution in [0.2, 0.25) is 0 Å². The summed E-state index contributed by atoms with van der Waals surface area (Å²) in [5, 5.41) is 2.94. The lowest BCUT2D eigenvalue weighted by Gasteiger charge is -2.35. The van der Waals surface area contributed by atoms with Crippen LogP contribution < -0.4 is 5.32 Å². The Labute approximate surface area is 257 Å². The van der Waals surface area contributed by atoms with E-state index in [0.29, 0.717) is 25.3 Å². The first kappa shape index (κ1) is 34.3. The minimum absolute atomic E-state index is 0.0191. The number of benzene rings is 2. The van der Waals surface area contributed by atoms with E-state index in [4.69, 9.17) is 14.2 Å². The molecule has 2 amide bonds. The van der Waals surface area contributed by atoms with Crippen molar-refractivity contribution in [2.75, 3.05) is 20.8 Å². The summed E-state index contributed by atoms with van der Waals surface area (Å²) in [6.07, 6.45) is 2.49. The Balaban J connectivity index is 1.70. The van der Waals surface area contributed by atoms with Crippen LogP contribution in [-0.2, 0) is 41.6 Å². The minimum atomic E-state index is -0.871. The summed E-state index contributed by atoms with van der Waals surface area (Å²) in [6, 6.07) is 17.9. The van der Waals surface area contributed by atoms with E-state index in [1.54, 1.807) is 21.1 Å². The predicted octanol–water partition coefficient (Wildman–Crippen LogP) is 5.19. The summed E-state index contributed by atoms with van der Waals surface area (Å²) in [5.41, 5.74) is 1.78. The molecule has 1 heterocycles. The molecule has 1 saturated heterocycles. The lowest BCUT2D eigenvalue weighted by atomic mass is 9.87. The number of carbonyl (C=O) groups excluding carboxylic acids is 3. The second-order valence-electron chi connectivity index (χ2n) is 11.9. The van der Waals surface area contributed by atoms with E-state index in [9.17, 15) is 14.4 Å². The van der Waals surface area contributed by atoms with Crippen LogP contribution >= 0.6 is 0 Å². The molecule has 0 aliphatic carbocycles. The smallest absolute Gasteiger partial charge is 0.329 e. The number of likely N-dealkylation sites (tertiary alicyclic amines) is 1. The third-order valence-corrected chi connectivity index (χ3v) is 9.09. The van der Waals surface area contributed by atoms with E-state index < -0.39 is 24.0 Å². The lowest BCUT2D eigenvalue weighted by molar-refractivity contribution is -0.150. The van der Waals surface area contributed by atoms with Gasteiger partial charge in [-0.3, -0.25) is 9.59 Å². The quantitative estimate of drug-likeness (QED) is 0.269. The maximum atomic E-state index is 13.7. The fourth-order valence-corrected chi connectivity index (χ4v) is 5.97. The fraction of sp³-hybridized carbons (Fsp3) is 0.571. The van der Waals surface area contributed by atoms with E-state index in [1.807, 2.05) is 65.6 Å². The molecule has 1 N–H and O–H groups in total. The average Bonchev–Trinajstić information content (AvgIpc) is 3.52. The molecule has 0 spiro atoms. The van der Waals surface area contributed by atoms with Gasteiger partial charge in [0.2, 0.25) is 11.8 Å². The van der Waals surface area contributed by atoms with Crippen LogP contribution in [0.5, 0.6) is 0 Å². The second kappa shape index (κ2) is 17.2. The number of methoxy groups -OCH3 is 2. The van der Waals surface area contributed by atoms with Gasteiger partial charge in [0.25, 0.3) is 0 Å². The molecule has 8 heteroatoms. The topological polar surface area (TPSA) is 94.2 Å². The zero-order chi connectivity index (χ0) is 31.4. The van der Waals surface area contributed by atoms with Crippen LogP contribution in [-0.4, -0.2) is 67.7 Å². The first-order chi connectivity index (χ1) is 20.7. The SMILES string of the molecule is CC[C@H](C)[C@H](C)[C@@H](CC(=O)N1CCC[C@H]1[C@H](OC)[C@@H](C)C(=O)N[C@@H](Cc1ccccc1)C(=O)OCc1ccccc1)OC. The van der Waals surface area contributed by atoms with Gasteiger partial charge >= 0.3 is 5.97 Å². The van der Waals surface area contributed by atoms with Crippen LogP contribution in [0.3, 0.4) is 0 Å². The Morgan fingerprint density at radius 3 is 2.14 bits per heavy atom. The summed E-state index contributed by atoms with van der Waals surface area (Å²) in [5.74, 6) is -0.729. The summed E-state index contributed by atoms with van der Waals surface area (Å²) in [7, 11) is 3.24. The molecular weight excluding hydrogens is 544 g/mol. The van der Waals surface area contributed by atoms with Crippen molar-refractivity contribution in [1.29, 1.82) is 0 Å². The highest BCUT2D eigenvalue weighted by molar-refractivity contribution is 5.86. The number of nitrogens with one attached hydrogen (secondary N) is 1. The molecule has 1 aliphatic heterocycles. The van der Waals surface area contributed by atoms with Gasteiger partial charge < -0.3 is 24.4 Å². The molecule has 2 aromatic carbocycles. The first-order valence-electron chi connectivity index (χ1n) is 15.6. The summed E-state index contributed by atoms with van der Waals surface area (Å²) >= 11 is 0.